The Morgan fingerprint density at radius 2 is 0.897 bits per heavy atom. The van der Waals surface area contributed by atoms with Crippen molar-refractivity contribution in [3.8, 4) is 0 Å². The van der Waals surface area contributed by atoms with Crippen LogP contribution in [0.5, 0.6) is 0 Å². The van der Waals surface area contributed by atoms with Crippen LogP contribution < -0.4 is 14.8 Å². The van der Waals surface area contributed by atoms with Crippen LogP contribution in [0.2, 0.25) is 0 Å². The summed E-state index contributed by atoms with van der Waals surface area (Å²) in [5.41, 5.74) is 4.25. The zero-order valence-electron chi connectivity index (χ0n) is 15.9. The average Bonchev–Trinajstić information content (AvgIpc) is 3.23. The number of rotatable bonds is 4. The number of benzene rings is 4. The fourth-order valence-electron chi connectivity index (χ4n) is 3.76. The third kappa shape index (κ3) is 2.87. The van der Waals surface area contributed by atoms with Gasteiger partial charge in [-0.25, -0.2) is 0 Å². The van der Waals surface area contributed by atoms with E-state index in [0.29, 0.717) is 4.59 Å². The lowest BCUT2D eigenvalue weighted by Crippen LogP contribution is -2.59. The zero-order chi connectivity index (χ0) is 19.5. The van der Waals surface area contributed by atoms with Crippen molar-refractivity contribution in [3.63, 3.8) is 0 Å². The second-order valence-corrected chi connectivity index (χ2v) is 6.84. The Hall–Kier alpha value is -3.89. The van der Waals surface area contributed by atoms with Gasteiger partial charge in [-0.2, -0.15) is 0 Å². The van der Waals surface area contributed by atoms with Gasteiger partial charge in [0.15, 0.2) is 11.4 Å². The SMILES string of the molecule is C1=NN(c2ccccc2)N(c2ccccc2)[N+]1(c1ccccc1)c1ccccc1. The summed E-state index contributed by atoms with van der Waals surface area (Å²) in [6.07, 6.45) is 1.99. The van der Waals surface area contributed by atoms with Crippen molar-refractivity contribution in [3.05, 3.63) is 121 Å². The molecule has 29 heavy (non-hydrogen) atoms. The smallest absolute Gasteiger partial charge is 0.121 e. The molecule has 0 bridgehead atoms. The maximum atomic E-state index is 4.88. The fraction of sp³-hybridized carbons (Fsp3) is 0. The van der Waals surface area contributed by atoms with Gasteiger partial charge in [0.05, 0.1) is 5.69 Å². The van der Waals surface area contributed by atoms with Crippen LogP contribution in [-0.2, 0) is 0 Å². The number of hydrazine groups is 1. The van der Waals surface area contributed by atoms with Crippen molar-refractivity contribution in [2.75, 3.05) is 10.2 Å². The second kappa shape index (κ2) is 7.26. The molecule has 0 aliphatic carbocycles. The number of anilines is 2. The standard InChI is InChI=1S/C25H21N4/c1-5-13-22(14-6-1)27-26-21-29(24-17-9-3-10-18-24,25-19-11-4-12-20-25)28(27)23-15-7-2-8-16-23/h1-21H/q+1. The largest absolute Gasteiger partial charge is 0.246 e. The molecule has 0 amide bonds. The number of hydrazone groups is 1. The van der Waals surface area contributed by atoms with Crippen LogP contribution in [0.4, 0.5) is 22.7 Å². The number of quaternary nitrogens is 1. The molecule has 4 heteroatoms. The number of nitrogens with zero attached hydrogens (tertiary/aromatic N) is 4. The quantitative estimate of drug-likeness (QED) is 0.399. The predicted molar refractivity (Wildman–Crippen MR) is 121 cm³/mol. The first-order valence-electron chi connectivity index (χ1n) is 9.65. The van der Waals surface area contributed by atoms with Gasteiger partial charge >= 0.3 is 0 Å². The minimum atomic E-state index is 0.334. The second-order valence-electron chi connectivity index (χ2n) is 6.84. The van der Waals surface area contributed by atoms with E-state index >= 15 is 0 Å². The molecule has 4 aromatic carbocycles. The minimum absolute atomic E-state index is 0.334. The van der Waals surface area contributed by atoms with E-state index in [0.717, 1.165) is 22.7 Å². The third-order valence-electron chi connectivity index (χ3n) is 5.08. The van der Waals surface area contributed by atoms with Gasteiger partial charge in [-0.15, -0.1) is 5.12 Å². The first kappa shape index (κ1) is 17.2. The number of para-hydroxylation sites is 4. The first-order valence-corrected chi connectivity index (χ1v) is 9.65. The molecule has 5 rings (SSSR count). The molecule has 0 spiro atoms. The number of hydrogen-bond acceptors (Lipinski definition) is 3. The molecule has 0 atom stereocenters. The van der Waals surface area contributed by atoms with E-state index in [1.54, 1.807) is 0 Å². The monoisotopic (exact) mass is 377 g/mol. The van der Waals surface area contributed by atoms with Crippen LogP contribution >= 0.6 is 0 Å². The maximum absolute atomic E-state index is 4.88. The molecular formula is C25H21N4+. The molecule has 0 radical (unpaired) electrons. The summed E-state index contributed by atoms with van der Waals surface area (Å²) >= 11 is 0. The molecular weight excluding hydrogens is 356 g/mol. The van der Waals surface area contributed by atoms with Gasteiger partial charge in [0.1, 0.15) is 5.69 Å². The normalized spacial score (nSPS) is 14.9. The van der Waals surface area contributed by atoms with Gasteiger partial charge in [-0.1, -0.05) is 87.6 Å². The molecule has 0 aromatic heterocycles. The average molecular weight is 377 g/mol. The molecule has 0 fully saturated rings. The van der Waals surface area contributed by atoms with Crippen LogP contribution in [0.15, 0.2) is 126 Å². The summed E-state index contributed by atoms with van der Waals surface area (Å²) in [7, 11) is 0. The highest BCUT2D eigenvalue weighted by molar-refractivity contribution is 5.91. The van der Waals surface area contributed by atoms with E-state index in [1.807, 2.05) is 47.9 Å². The van der Waals surface area contributed by atoms with Crippen LogP contribution in [0.1, 0.15) is 0 Å². The molecule has 0 N–H and O–H groups in total. The summed E-state index contributed by atoms with van der Waals surface area (Å²) < 4.78 is 0.334. The molecule has 0 unspecified atom stereocenters. The van der Waals surface area contributed by atoms with Gasteiger partial charge in [0, 0.05) is 24.3 Å². The van der Waals surface area contributed by atoms with Gasteiger partial charge in [0.2, 0.25) is 6.34 Å². The molecule has 0 saturated heterocycles. The lowest BCUT2D eigenvalue weighted by Gasteiger charge is -2.40. The summed E-state index contributed by atoms with van der Waals surface area (Å²) in [5.74, 6) is 0. The predicted octanol–water partition coefficient (Wildman–Crippen LogP) is 6.13. The minimum Gasteiger partial charge on any atom is -0.121 e. The summed E-state index contributed by atoms with van der Waals surface area (Å²) in [4.78, 5) is 0. The highest BCUT2D eigenvalue weighted by atomic mass is 16.0. The van der Waals surface area contributed by atoms with E-state index in [4.69, 9.17) is 5.10 Å². The van der Waals surface area contributed by atoms with E-state index in [-0.39, 0.29) is 0 Å². The Labute approximate surface area is 170 Å². The molecule has 4 aromatic rings. The van der Waals surface area contributed by atoms with Crippen molar-refractivity contribution in [1.29, 1.82) is 0 Å². The van der Waals surface area contributed by atoms with Crippen molar-refractivity contribution >= 4 is 29.1 Å². The molecule has 140 valence electrons. The summed E-state index contributed by atoms with van der Waals surface area (Å²) in [6, 6.07) is 41.5. The first-order chi connectivity index (χ1) is 14.4. The Balaban J connectivity index is 1.78. The van der Waals surface area contributed by atoms with Crippen LogP contribution in [0.25, 0.3) is 0 Å². The van der Waals surface area contributed by atoms with Crippen molar-refractivity contribution in [2.24, 2.45) is 5.10 Å². The van der Waals surface area contributed by atoms with Crippen molar-refractivity contribution in [2.45, 2.75) is 0 Å². The van der Waals surface area contributed by atoms with E-state index in [1.165, 1.54) is 0 Å². The molecule has 1 heterocycles. The van der Waals surface area contributed by atoms with E-state index < -0.39 is 0 Å². The fourth-order valence-corrected chi connectivity index (χ4v) is 3.76. The highest BCUT2D eigenvalue weighted by Gasteiger charge is 2.48. The molecule has 1 aliphatic rings. The lowest BCUT2D eigenvalue weighted by atomic mass is 10.2. The zero-order valence-corrected chi connectivity index (χ0v) is 15.9. The Bertz CT molecular complexity index is 1060. The molecule has 1 aliphatic heterocycles. The van der Waals surface area contributed by atoms with E-state index in [9.17, 15) is 0 Å². The van der Waals surface area contributed by atoms with Gasteiger partial charge in [-0.05, 0) is 24.3 Å². The Morgan fingerprint density at radius 3 is 1.38 bits per heavy atom. The van der Waals surface area contributed by atoms with Crippen LogP contribution in [-0.4, -0.2) is 6.34 Å². The topological polar surface area (TPSA) is 18.8 Å². The maximum Gasteiger partial charge on any atom is 0.246 e. The van der Waals surface area contributed by atoms with Gasteiger partial charge < -0.3 is 0 Å². The summed E-state index contributed by atoms with van der Waals surface area (Å²) in [5, 5.41) is 9.05. The Morgan fingerprint density at radius 1 is 0.483 bits per heavy atom. The molecule has 0 saturated carbocycles. The lowest BCUT2D eigenvalue weighted by molar-refractivity contribution is 0.527. The van der Waals surface area contributed by atoms with Gasteiger partial charge in [-0.3, -0.25) is 0 Å². The number of hydrogen-bond donors (Lipinski definition) is 0. The van der Waals surface area contributed by atoms with E-state index in [2.05, 4.69) is 90.0 Å². The highest BCUT2D eigenvalue weighted by Crippen LogP contribution is 2.42. The van der Waals surface area contributed by atoms with Crippen LogP contribution in [0.3, 0.4) is 0 Å². The Kier molecular flexibility index (Phi) is 4.31. The van der Waals surface area contributed by atoms with Crippen molar-refractivity contribution in [1.82, 2.24) is 4.59 Å². The third-order valence-corrected chi connectivity index (χ3v) is 5.08. The summed E-state index contributed by atoms with van der Waals surface area (Å²) in [6.45, 7) is 0. The van der Waals surface area contributed by atoms with Crippen molar-refractivity contribution < 1.29 is 0 Å². The van der Waals surface area contributed by atoms with Crippen LogP contribution in [0, 0.1) is 0 Å². The molecule has 4 nitrogen and oxygen atoms in total. The van der Waals surface area contributed by atoms with Gasteiger partial charge in [0.25, 0.3) is 0 Å².